The highest BCUT2D eigenvalue weighted by Gasteiger charge is 2.27. The van der Waals surface area contributed by atoms with Gasteiger partial charge in [0.05, 0.1) is 6.61 Å². The van der Waals surface area contributed by atoms with Gasteiger partial charge in [-0.25, -0.2) is 4.39 Å². The summed E-state index contributed by atoms with van der Waals surface area (Å²) in [5.41, 5.74) is -0.0787. The molecule has 0 aliphatic carbocycles. The first-order chi connectivity index (χ1) is 6.49. The van der Waals surface area contributed by atoms with Gasteiger partial charge in [0, 0.05) is 0 Å². The second-order valence-electron chi connectivity index (χ2n) is 4.10. The lowest BCUT2D eigenvalue weighted by molar-refractivity contribution is 0.0857. The summed E-state index contributed by atoms with van der Waals surface area (Å²) >= 11 is 0. The van der Waals surface area contributed by atoms with Gasteiger partial charge in [0.2, 0.25) is 0 Å². The zero-order valence-electron chi connectivity index (χ0n) is 8.92. The van der Waals surface area contributed by atoms with Crippen LogP contribution in [0.5, 0.6) is 0 Å². The third kappa shape index (κ3) is 2.13. The molecule has 1 N–H and O–H groups in total. The summed E-state index contributed by atoms with van der Waals surface area (Å²) in [6.45, 7) is 4.98. The Hall–Kier alpha value is -0.890. The minimum Gasteiger partial charge on any atom is -0.393 e. The number of benzene rings is 1. The van der Waals surface area contributed by atoms with Crippen LogP contribution in [0.1, 0.15) is 37.8 Å². The van der Waals surface area contributed by atoms with Gasteiger partial charge in [0.1, 0.15) is 0 Å². The molecule has 2 heteroatoms. The first-order valence-corrected chi connectivity index (χ1v) is 4.88. The Bertz CT molecular complexity index is 305. The molecule has 0 amide bonds. The maximum absolute atomic E-state index is 13.9. The highest BCUT2D eigenvalue weighted by Crippen LogP contribution is 2.31. The predicted molar refractivity (Wildman–Crippen MR) is 56.1 cm³/mol. The van der Waals surface area contributed by atoms with Crippen LogP contribution in [0, 0.1) is 0 Å². The van der Waals surface area contributed by atoms with E-state index in [0.29, 0.717) is 5.56 Å². The first kappa shape index (κ1) is 11.2. The second-order valence-corrected chi connectivity index (χ2v) is 4.10. The Balaban J connectivity index is 3.20. The molecule has 0 spiro atoms. The Kier molecular flexibility index (Phi) is 3.27. The highest BCUT2D eigenvalue weighted by molar-refractivity contribution is 5.34. The van der Waals surface area contributed by atoms with Gasteiger partial charge in [-0.2, -0.15) is 0 Å². The van der Waals surface area contributed by atoms with Crippen LogP contribution < -0.4 is 0 Å². The molecule has 1 aromatic carbocycles. The van der Waals surface area contributed by atoms with Gasteiger partial charge in [-0.15, -0.1) is 0 Å². The van der Waals surface area contributed by atoms with E-state index in [0.717, 1.165) is 5.56 Å². The molecular formula is C12H17FO. The Morgan fingerprint density at radius 3 is 2.43 bits per heavy atom. The van der Waals surface area contributed by atoms with Gasteiger partial charge in [0.15, 0.2) is 5.67 Å². The lowest BCUT2D eigenvalue weighted by atomic mass is 9.88. The van der Waals surface area contributed by atoms with Crippen molar-refractivity contribution >= 4 is 0 Å². The summed E-state index contributed by atoms with van der Waals surface area (Å²) in [5, 5.41) is 8.98. The molecule has 0 heterocycles. The highest BCUT2D eigenvalue weighted by atomic mass is 19.1. The van der Waals surface area contributed by atoms with E-state index in [2.05, 4.69) is 0 Å². The van der Waals surface area contributed by atoms with Crippen molar-refractivity contribution in [1.29, 1.82) is 0 Å². The zero-order valence-corrected chi connectivity index (χ0v) is 8.92. The molecule has 0 saturated carbocycles. The molecule has 0 aromatic heterocycles. The molecule has 14 heavy (non-hydrogen) atoms. The van der Waals surface area contributed by atoms with Crippen LogP contribution in [-0.4, -0.2) is 11.7 Å². The normalized spacial score (nSPS) is 15.6. The molecule has 0 bridgehead atoms. The van der Waals surface area contributed by atoms with Crippen molar-refractivity contribution in [2.24, 2.45) is 0 Å². The molecule has 0 aliphatic heterocycles. The number of rotatable bonds is 3. The zero-order chi connectivity index (χ0) is 10.8. The molecule has 1 unspecified atom stereocenters. The topological polar surface area (TPSA) is 20.2 Å². The van der Waals surface area contributed by atoms with Gasteiger partial charge in [0.25, 0.3) is 0 Å². The van der Waals surface area contributed by atoms with Crippen molar-refractivity contribution in [2.75, 3.05) is 6.61 Å². The molecule has 1 nitrogen and oxygen atoms in total. The van der Waals surface area contributed by atoms with Gasteiger partial charge >= 0.3 is 0 Å². The van der Waals surface area contributed by atoms with E-state index in [1.54, 1.807) is 12.1 Å². The van der Waals surface area contributed by atoms with E-state index in [9.17, 15) is 4.39 Å². The number of alkyl halides is 1. The fraction of sp³-hybridized carbons (Fsp3) is 0.500. The monoisotopic (exact) mass is 196 g/mol. The summed E-state index contributed by atoms with van der Waals surface area (Å²) in [4.78, 5) is 0. The quantitative estimate of drug-likeness (QED) is 0.788. The van der Waals surface area contributed by atoms with Gasteiger partial charge in [-0.05, 0) is 24.0 Å². The fourth-order valence-corrected chi connectivity index (χ4v) is 1.56. The Morgan fingerprint density at radius 1 is 1.36 bits per heavy atom. The van der Waals surface area contributed by atoms with E-state index < -0.39 is 12.3 Å². The third-order valence-electron chi connectivity index (χ3n) is 2.44. The van der Waals surface area contributed by atoms with Crippen molar-refractivity contribution in [3.05, 3.63) is 35.4 Å². The smallest absolute Gasteiger partial charge is 0.156 e. The van der Waals surface area contributed by atoms with Crippen LogP contribution in [0.25, 0.3) is 0 Å². The van der Waals surface area contributed by atoms with Crippen LogP contribution in [0.15, 0.2) is 24.3 Å². The number of hydrogen-bond donors (Lipinski definition) is 1. The van der Waals surface area contributed by atoms with Gasteiger partial charge in [-0.1, -0.05) is 38.1 Å². The molecule has 0 saturated heterocycles. The lowest BCUT2D eigenvalue weighted by Gasteiger charge is -2.23. The Morgan fingerprint density at radius 2 is 1.93 bits per heavy atom. The van der Waals surface area contributed by atoms with E-state index >= 15 is 0 Å². The second kappa shape index (κ2) is 4.09. The summed E-state index contributed by atoms with van der Waals surface area (Å²) < 4.78 is 13.9. The Labute approximate surface area is 84.6 Å². The standard InChI is InChI=1S/C12H17FO/c1-9(2)10-6-4-5-7-11(10)12(3,13)8-14/h4-7,9,14H,8H2,1-3H3. The minimum absolute atomic E-state index is 0.271. The third-order valence-corrected chi connectivity index (χ3v) is 2.44. The van der Waals surface area contributed by atoms with Crippen LogP contribution in [-0.2, 0) is 5.67 Å². The summed E-state index contributed by atoms with van der Waals surface area (Å²) in [6.07, 6.45) is 0. The molecular weight excluding hydrogens is 179 g/mol. The van der Waals surface area contributed by atoms with Crippen molar-refractivity contribution in [3.8, 4) is 0 Å². The maximum Gasteiger partial charge on any atom is 0.156 e. The number of aliphatic hydroxyl groups excluding tert-OH is 1. The fourth-order valence-electron chi connectivity index (χ4n) is 1.56. The van der Waals surface area contributed by atoms with Crippen LogP contribution >= 0.6 is 0 Å². The van der Waals surface area contributed by atoms with Crippen molar-refractivity contribution in [1.82, 2.24) is 0 Å². The molecule has 0 fully saturated rings. The van der Waals surface area contributed by atoms with Crippen LogP contribution in [0.2, 0.25) is 0 Å². The van der Waals surface area contributed by atoms with Gasteiger partial charge < -0.3 is 5.11 Å². The SMILES string of the molecule is CC(C)c1ccccc1C(C)(F)CO. The van der Waals surface area contributed by atoms with Gasteiger partial charge in [-0.3, -0.25) is 0 Å². The van der Waals surface area contributed by atoms with E-state index in [1.165, 1.54) is 6.92 Å². The number of aliphatic hydroxyl groups is 1. The molecule has 1 rings (SSSR count). The van der Waals surface area contributed by atoms with E-state index in [4.69, 9.17) is 5.11 Å². The molecule has 0 aliphatic rings. The average molecular weight is 196 g/mol. The van der Waals surface area contributed by atoms with Crippen LogP contribution in [0.3, 0.4) is 0 Å². The lowest BCUT2D eigenvalue weighted by Crippen LogP contribution is -2.22. The average Bonchev–Trinajstić information content (AvgIpc) is 2.18. The first-order valence-electron chi connectivity index (χ1n) is 4.88. The summed E-state index contributed by atoms with van der Waals surface area (Å²) in [5.74, 6) is 0.271. The summed E-state index contributed by atoms with van der Waals surface area (Å²) in [7, 11) is 0. The predicted octanol–water partition coefficient (Wildman–Crippen LogP) is 2.99. The largest absolute Gasteiger partial charge is 0.393 e. The van der Waals surface area contributed by atoms with E-state index in [1.807, 2.05) is 26.0 Å². The summed E-state index contributed by atoms with van der Waals surface area (Å²) in [6, 6.07) is 7.35. The van der Waals surface area contributed by atoms with Crippen molar-refractivity contribution in [2.45, 2.75) is 32.4 Å². The molecule has 78 valence electrons. The van der Waals surface area contributed by atoms with E-state index in [-0.39, 0.29) is 5.92 Å². The number of halogens is 1. The molecule has 0 radical (unpaired) electrons. The molecule has 1 aromatic rings. The van der Waals surface area contributed by atoms with Crippen LogP contribution in [0.4, 0.5) is 4.39 Å². The number of hydrogen-bond acceptors (Lipinski definition) is 1. The van der Waals surface area contributed by atoms with Crippen molar-refractivity contribution in [3.63, 3.8) is 0 Å². The maximum atomic E-state index is 13.9. The minimum atomic E-state index is -1.64. The molecule has 1 atom stereocenters. The van der Waals surface area contributed by atoms with Crippen molar-refractivity contribution < 1.29 is 9.50 Å².